The van der Waals surface area contributed by atoms with Crippen LogP contribution in [0.4, 0.5) is 0 Å². The van der Waals surface area contributed by atoms with Gasteiger partial charge in [-0.15, -0.1) is 0 Å². The van der Waals surface area contributed by atoms with Gasteiger partial charge in [-0.2, -0.15) is 11.8 Å². The zero-order chi connectivity index (χ0) is 15.2. The molecule has 114 valence electrons. The fraction of sp³-hybridized carbons (Fsp3) is 0.467. The summed E-state index contributed by atoms with van der Waals surface area (Å²) in [5.41, 5.74) is 6.46. The van der Waals surface area contributed by atoms with Crippen molar-refractivity contribution in [2.45, 2.75) is 12.0 Å². The standard InChI is InChI=1S/C15H21N3O2S/c1-21-10-15(20)17-13-8-18(9-14(16)19)7-12(13)11-5-3-2-4-6-11/h2-6,12-13H,7-10H2,1H3,(H2,16,19)(H,17,20)/t12-,13+/m1/s1. The minimum absolute atomic E-state index is 0.0198. The van der Waals surface area contributed by atoms with Crippen molar-refractivity contribution in [3.05, 3.63) is 35.9 Å². The van der Waals surface area contributed by atoms with Gasteiger partial charge in [-0.05, 0) is 11.8 Å². The highest BCUT2D eigenvalue weighted by Crippen LogP contribution is 2.27. The number of thioether (sulfide) groups is 1. The van der Waals surface area contributed by atoms with E-state index in [1.54, 1.807) is 0 Å². The number of likely N-dealkylation sites (tertiary alicyclic amines) is 1. The number of nitrogens with one attached hydrogen (secondary N) is 1. The van der Waals surface area contributed by atoms with E-state index in [-0.39, 0.29) is 30.3 Å². The van der Waals surface area contributed by atoms with Crippen LogP contribution in [0.25, 0.3) is 0 Å². The molecule has 5 nitrogen and oxygen atoms in total. The Kier molecular flexibility index (Phi) is 5.64. The molecule has 0 saturated carbocycles. The predicted molar refractivity (Wildman–Crippen MR) is 85.1 cm³/mol. The van der Waals surface area contributed by atoms with Gasteiger partial charge in [0.1, 0.15) is 0 Å². The molecule has 2 rings (SSSR count). The second-order valence-electron chi connectivity index (χ2n) is 5.28. The van der Waals surface area contributed by atoms with Crippen molar-refractivity contribution in [2.24, 2.45) is 5.73 Å². The zero-order valence-corrected chi connectivity index (χ0v) is 12.9. The largest absolute Gasteiger partial charge is 0.369 e. The number of amides is 2. The number of rotatable bonds is 6. The summed E-state index contributed by atoms with van der Waals surface area (Å²) in [5.74, 6) is 0.344. The molecular formula is C15H21N3O2S. The summed E-state index contributed by atoms with van der Waals surface area (Å²) in [6.07, 6.45) is 1.91. The van der Waals surface area contributed by atoms with Gasteiger partial charge >= 0.3 is 0 Å². The summed E-state index contributed by atoms with van der Waals surface area (Å²) in [7, 11) is 0. The van der Waals surface area contributed by atoms with Crippen LogP contribution in [0.1, 0.15) is 11.5 Å². The van der Waals surface area contributed by atoms with Gasteiger partial charge in [0, 0.05) is 25.0 Å². The maximum atomic E-state index is 11.9. The quantitative estimate of drug-likeness (QED) is 0.799. The average Bonchev–Trinajstić information content (AvgIpc) is 2.81. The maximum Gasteiger partial charge on any atom is 0.231 e. The van der Waals surface area contributed by atoms with Crippen LogP contribution in [0.5, 0.6) is 0 Å². The highest BCUT2D eigenvalue weighted by Gasteiger charge is 2.35. The van der Waals surface area contributed by atoms with Crippen LogP contribution >= 0.6 is 11.8 Å². The lowest BCUT2D eigenvalue weighted by molar-refractivity contribution is -0.119. The Morgan fingerprint density at radius 2 is 2.05 bits per heavy atom. The highest BCUT2D eigenvalue weighted by molar-refractivity contribution is 7.99. The number of hydrogen-bond acceptors (Lipinski definition) is 4. The fourth-order valence-corrected chi connectivity index (χ4v) is 3.14. The summed E-state index contributed by atoms with van der Waals surface area (Å²) in [5, 5.41) is 3.08. The Morgan fingerprint density at radius 1 is 1.33 bits per heavy atom. The second kappa shape index (κ2) is 7.47. The number of nitrogens with two attached hydrogens (primary N) is 1. The van der Waals surface area contributed by atoms with E-state index in [4.69, 9.17) is 5.73 Å². The third-order valence-corrected chi connectivity index (χ3v) is 4.18. The van der Waals surface area contributed by atoms with Gasteiger partial charge in [0.2, 0.25) is 11.8 Å². The topological polar surface area (TPSA) is 75.4 Å². The normalized spacial score (nSPS) is 22.1. The molecule has 3 N–H and O–H groups in total. The third-order valence-electron chi connectivity index (χ3n) is 3.62. The highest BCUT2D eigenvalue weighted by atomic mass is 32.2. The molecule has 0 aromatic heterocycles. The van der Waals surface area contributed by atoms with Crippen molar-refractivity contribution in [2.75, 3.05) is 31.6 Å². The number of nitrogens with zero attached hydrogens (tertiary/aromatic N) is 1. The second-order valence-corrected chi connectivity index (χ2v) is 6.15. The minimum atomic E-state index is -0.335. The number of hydrogen-bond donors (Lipinski definition) is 2. The van der Waals surface area contributed by atoms with Gasteiger partial charge in [0.15, 0.2) is 0 Å². The van der Waals surface area contributed by atoms with Crippen molar-refractivity contribution in [1.82, 2.24) is 10.2 Å². The summed E-state index contributed by atoms with van der Waals surface area (Å²) in [6, 6.07) is 10.1. The van der Waals surface area contributed by atoms with Gasteiger partial charge in [-0.25, -0.2) is 0 Å². The molecule has 1 aliphatic rings. The summed E-state index contributed by atoms with van der Waals surface area (Å²) in [6.45, 7) is 1.62. The number of benzene rings is 1. The first-order valence-electron chi connectivity index (χ1n) is 6.94. The monoisotopic (exact) mass is 307 g/mol. The molecular weight excluding hydrogens is 286 g/mol. The SMILES string of the molecule is CSCC(=O)N[C@H]1CN(CC(N)=O)C[C@@H]1c1ccccc1. The molecule has 1 aromatic carbocycles. The van der Waals surface area contributed by atoms with E-state index < -0.39 is 0 Å². The molecule has 2 amide bonds. The van der Waals surface area contributed by atoms with Crippen molar-refractivity contribution < 1.29 is 9.59 Å². The van der Waals surface area contributed by atoms with E-state index in [9.17, 15) is 9.59 Å². The first-order valence-corrected chi connectivity index (χ1v) is 8.33. The zero-order valence-electron chi connectivity index (χ0n) is 12.1. The molecule has 2 atom stereocenters. The minimum Gasteiger partial charge on any atom is -0.369 e. The summed E-state index contributed by atoms with van der Waals surface area (Å²) < 4.78 is 0. The van der Waals surface area contributed by atoms with E-state index in [0.717, 1.165) is 6.54 Å². The third kappa shape index (κ3) is 4.47. The number of carbonyl (C=O) groups excluding carboxylic acids is 2. The van der Waals surface area contributed by atoms with Crippen molar-refractivity contribution in [3.63, 3.8) is 0 Å². The Morgan fingerprint density at radius 3 is 2.67 bits per heavy atom. The van der Waals surface area contributed by atoms with E-state index in [0.29, 0.717) is 12.3 Å². The molecule has 1 saturated heterocycles. The van der Waals surface area contributed by atoms with Crippen LogP contribution in [0.2, 0.25) is 0 Å². The van der Waals surface area contributed by atoms with E-state index in [1.165, 1.54) is 17.3 Å². The lowest BCUT2D eigenvalue weighted by atomic mass is 9.94. The van der Waals surface area contributed by atoms with Crippen LogP contribution in [0.15, 0.2) is 30.3 Å². The Labute approximate surface area is 129 Å². The van der Waals surface area contributed by atoms with Crippen LogP contribution in [-0.4, -0.2) is 54.4 Å². The Hall–Kier alpha value is -1.53. The van der Waals surface area contributed by atoms with E-state index >= 15 is 0 Å². The molecule has 0 radical (unpaired) electrons. The Balaban J connectivity index is 2.10. The molecule has 1 aliphatic heterocycles. The van der Waals surface area contributed by atoms with Gasteiger partial charge in [0.25, 0.3) is 0 Å². The van der Waals surface area contributed by atoms with Crippen LogP contribution < -0.4 is 11.1 Å². The lowest BCUT2D eigenvalue weighted by Gasteiger charge is -2.20. The van der Waals surface area contributed by atoms with Crippen LogP contribution in [0, 0.1) is 0 Å². The van der Waals surface area contributed by atoms with Gasteiger partial charge in [0.05, 0.1) is 12.3 Å². The molecule has 1 aromatic rings. The smallest absolute Gasteiger partial charge is 0.231 e. The number of primary amides is 1. The molecule has 0 aliphatic carbocycles. The summed E-state index contributed by atoms with van der Waals surface area (Å²) >= 11 is 1.50. The van der Waals surface area contributed by atoms with Crippen molar-refractivity contribution in [3.8, 4) is 0 Å². The van der Waals surface area contributed by atoms with Gasteiger partial charge in [-0.3, -0.25) is 14.5 Å². The first-order chi connectivity index (χ1) is 10.1. The molecule has 0 spiro atoms. The fourth-order valence-electron chi connectivity index (χ4n) is 2.80. The van der Waals surface area contributed by atoms with Gasteiger partial charge < -0.3 is 11.1 Å². The van der Waals surface area contributed by atoms with Crippen molar-refractivity contribution in [1.29, 1.82) is 0 Å². The number of carbonyl (C=O) groups is 2. The van der Waals surface area contributed by atoms with E-state index in [2.05, 4.69) is 17.4 Å². The summed E-state index contributed by atoms with van der Waals surface area (Å²) in [4.78, 5) is 25.0. The average molecular weight is 307 g/mol. The lowest BCUT2D eigenvalue weighted by Crippen LogP contribution is -2.41. The Bertz CT molecular complexity index is 495. The maximum absolute atomic E-state index is 11.9. The molecule has 21 heavy (non-hydrogen) atoms. The molecule has 0 unspecified atom stereocenters. The first kappa shape index (κ1) is 15.9. The molecule has 1 fully saturated rings. The molecule has 6 heteroatoms. The van der Waals surface area contributed by atoms with Crippen LogP contribution in [-0.2, 0) is 9.59 Å². The van der Waals surface area contributed by atoms with Crippen LogP contribution in [0.3, 0.4) is 0 Å². The molecule has 1 heterocycles. The molecule has 0 bridgehead atoms. The van der Waals surface area contributed by atoms with Crippen molar-refractivity contribution >= 4 is 23.6 Å². The van der Waals surface area contributed by atoms with Gasteiger partial charge in [-0.1, -0.05) is 30.3 Å². The van der Waals surface area contributed by atoms with E-state index in [1.807, 2.05) is 29.4 Å². The predicted octanol–water partition coefficient (Wildman–Crippen LogP) is 0.419.